The van der Waals surface area contributed by atoms with E-state index in [4.69, 9.17) is 11.1 Å². The highest BCUT2D eigenvalue weighted by Gasteiger charge is 2.19. The van der Waals surface area contributed by atoms with E-state index in [1.807, 2.05) is 7.05 Å². The van der Waals surface area contributed by atoms with Crippen molar-refractivity contribution in [3.63, 3.8) is 0 Å². The van der Waals surface area contributed by atoms with E-state index in [1.54, 1.807) is 4.90 Å². The van der Waals surface area contributed by atoms with Crippen LogP contribution in [0.25, 0.3) is 10.8 Å². The average Bonchev–Trinajstić information content (AvgIpc) is 2.75. The molecular formula is C14H15N3. The Balaban J connectivity index is 2.29. The van der Waals surface area contributed by atoms with Crippen molar-refractivity contribution < 1.29 is 0 Å². The summed E-state index contributed by atoms with van der Waals surface area (Å²) in [6.07, 6.45) is 2.14. The Bertz CT molecular complexity index is 616. The highest BCUT2D eigenvalue weighted by molar-refractivity contribution is 6.00. The minimum atomic E-state index is 0.0879. The van der Waals surface area contributed by atoms with Gasteiger partial charge in [-0.3, -0.25) is 5.41 Å². The number of hydrogen-bond acceptors (Lipinski definition) is 1. The number of hydrogen-bond donors (Lipinski definition) is 2. The molecule has 0 radical (unpaired) electrons. The van der Waals surface area contributed by atoms with Crippen LogP contribution in [-0.2, 0) is 12.8 Å². The van der Waals surface area contributed by atoms with Gasteiger partial charge in [0.05, 0.1) is 0 Å². The molecule has 3 heteroatoms. The van der Waals surface area contributed by atoms with Crippen LogP contribution in [0.1, 0.15) is 11.1 Å². The Morgan fingerprint density at radius 1 is 1.24 bits per heavy atom. The van der Waals surface area contributed by atoms with Gasteiger partial charge in [-0.05, 0) is 40.8 Å². The van der Waals surface area contributed by atoms with Crippen LogP contribution in [0.5, 0.6) is 0 Å². The molecule has 0 saturated carbocycles. The van der Waals surface area contributed by atoms with Crippen LogP contribution >= 0.6 is 0 Å². The highest BCUT2D eigenvalue weighted by Crippen LogP contribution is 2.36. The molecule has 0 bridgehead atoms. The van der Waals surface area contributed by atoms with Crippen LogP contribution < -0.4 is 10.6 Å². The molecule has 17 heavy (non-hydrogen) atoms. The second kappa shape index (κ2) is 3.48. The van der Waals surface area contributed by atoms with E-state index in [0.717, 1.165) is 18.5 Å². The van der Waals surface area contributed by atoms with Crippen LogP contribution in [0.15, 0.2) is 30.3 Å². The van der Waals surface area contributed by atoms with Crippen molar-refractivity contribution in [3.8, 4) is 0 Å². The summed E-state index contributed by atoms with van der Waals surface area (Å²) in [5, 5.41) is 10.2. The third-order valence-corrected chi connectivity index (χ3v) is 3.58. The molecule has 1 aliphatic carbocycles. The van der Waals surface area contributed by atoms with E-state index in [0.29, 0.717) is 0 Å². The predicted molar refractivity (Wildman–Crippen MR) is 71.7 cm³/mol. The van der Waals surface area contributed by atoms with Crippen LogP contribution in [0.2, 0.25) is 0 Å². The van der Waals surface area contributed by atoms with Crippen molar-refractivity contribution in [2.24, 2.45) is 5.73 Å². The Morgan fingerprint density at radius 3 is 2.82 bits per heavy atom. The van der Waals surface area contributed by atoms with E-state index in [2.05, 4.69) is 30.3 Å². The molecule has 2 aromatic carbocycles. The number of anilines is 1. The molecule has 2 aromatic rings. The summed E-state index contributed by atoms with van der Waals surface area (Å²) in [5.74, 6) is 0.0879. The van der Waals surface area contributed by atoms with Gasteiger partial charge in [-0.2, -0.15) is 0 Å². The van der Waals surface area contributed by atoms with Crippen molar-refractivity contribution in [3.05, 3.63) is 41.5 Å². The SMILES string of the molecule is CN(C(=N)N)c1ccc2cccc3c2c1CC3. The summed E-state index contributed by atoms with van der Waals surface area (Å²) in [6.45, 7) is 0. The molecule has 3 rings (SSSR count). The van der Waals surface area contributed by atoms with Gasteiger partial charge in [-0.25, -0.2) is 0 Å². The Kier molecular flexibility index (Phi) is 2.08. The minimum absolute atomic E-state index is 0.0879. The quantitative estimate of drug-likeness (QED) is 0.578. The van der Waals surface area contributed by atoms with Crippen molar-refractivity contribution >= 4 is 22.4 Å². The molecule has 0 heterocycles. The molecule has 0 atom stereocenters. The van der Waals surface area contributed by atoms with Gasteiger partial charge >= 0.3 is 0 Å². The van der Waals surface area contributed by atoms with Crippen molar-refractivity contribution in [2.45, 2.75) is 12.8 Å². The predicted octanol–water partition coefficient (Wildman–Crippen LogP) is 2.27. The first-order valence-corrected chi connectivity index (χ1v) is 5.79. The number of nitrogens with one attached hydrogen (secondary N) is 1. The van der Waals surface area contributed by atoms with Gasteiger partial charge in [0, 0.05) is 12.7 Å². The summed E-state index contributed by atoms with van der Waals surface area (Å²) in [4.78, 5) is 1.75. The smallest absolute Gasteiger partial charge is 0.192 e. The Labute approximate surface area is 100 Å². The normalized spacial score (nSPS) is 13.0. The molecule has 86 valence electrons. The largest absolute Gasteiger partial charge is 0.370 e. The van der Waals surface area contributed by atoms with Crippen LogP contribution in [0.4, 0.5) is 5.69 Å². The summed E-state index contributed by atoms with van der Waals surface area (Å²) in [7, 11) is 1.85. The second-order valence-electron chi connectivity index (χ2n) is 4.52. The summed E-state index contributed by atoms with van der Waals surface area (Å²) < 4.78 is 0. The molecule has 0 fully saturated rings. The number of guanidine groups is 1. The maximum absolute atomic E-state index is 7.54. The fourth-order valence-electron chi connectivity index (χ4n) is 2.69. The zero-order chi connectivity index (χ0) is 12.0. The molecule has 3 N–H and O–H groups in total. The summed E-state index contributed by atoms with van der Waals surface area (Å²) in [6, 6.07) is 10.6. The molecule has 1 aliphatic rings. The standard InChI is InChI=1S/C14H15N3/c1-17(14(15)16)12-8-6-10-4-2-3-9-5-7-11(12)13(9)10/h2-4,6,8H,5,7H2,1H3,(H3,15,16). The monoisotopic (exact) mass is 225 g/mol. The molecule has 0 amide bonds. The fraction of sp³-hybridized carbons (Fsp3) is 0.214. The van der Waals surface area contributed by atoms with E-state index in [-0.39, 0.29) is 5.96 Å². The lowest BCUT2D eigenvalue weighted by Gasteiger charge is -2.20. The molecular weight excluding hydrogens is 210 g/mol. The fourth-order valence-corrected chi connectivity index (χ4v) is 2.69. The van der Waals surface area contributed by atoms with Crippen molar-refractivity contribution in [1.29, 1.82) is 5.41 Å². The number of aryl methyl sites for hydroxylation is 2. The number of benzene rings is 2. The van der Waals surface area contributed by atoms with E-state index >= 15 is 0 Å². The van der Waals surface area contributed by atoms with Gasteiger partial charge in [0.1, 0.15) is 0 Å². The van der Waals surface area contributed by atoms with E-state index in [1.165, 1.54) is 21.9 Å². The van der Waals surface area contributed by atoms with Crippen molar-refractivity contribution in [1.82, 2.24) is 0 Å². The maximum Gasteiger partial charge on any atom is 0.192 e. The van der Waals surface area contributed by atoms with E-state index < -0.39 is 0 Å². The van der Waals surface area contributed by atoms with E-state index in [9.17, 15) is 0 Å². The highest BCUT2D eigenvalue weighted by atomic mass is 15.2. The first kappa shape index (κ1) is 10.1. The molecule has 0 unspecified atom stereocenters. The number of rotatable bonds is 1. The molecule has 3 nitrogen and oxygen atoms in total. The molecule has 0 aromatic heterocycles. The lowest BCUT2D eigenvalue weighted by molar-refractivity contribution is 1.01. The zero-order valence-corrected chi connectivity index (χ0v) is 9.83. The van der Waals surface area contributed by atoms with Crippen LogP contribution in [0, 0.1) is 5.41 Å². The second-order valence-corrected chi connectivity index (χ2v) is 4.52. The lowest BCUT2D eigenvalue weighted by atomic mass is 10.0. The van der Waals surface area contributed by atoms with Gasteiger partial charge in [0.2, 0.25) is 0 Å². The summed E-state index contributed by atoms with van der Waals surface area (Å²) in [5.41, 5.74) is 9.37. The minimum Gasteiger partial charge on any atom is -0.370 e. The maximum atomic E-state index is 7.54. The zero-order valence-electron chi connectivity index (χ0n) is 9.83. The molecule has 0 spiro atoms. The van der Waals surface area contributed by atoms with Crippen LogP contribution in [-0.4, -0.2) is 13.0 Å². The first-order valence-electron chi connectivity index (χ1n) is 5.79. The molecule has 0 aliphatic heterocycles. The van der Waals surface area contributed by atoms with Crippen LogP contribution in [0.3, 0.4) is 0 Å². The lowest BCUT2D eigenvalue weighted by Crippen LogP contribution is -2.33. The van der Waals surface area contributed by atoms with Gasteiger partial charge in [0.25, 0.3) is 0 Å². The third kappa shape index (κ3) is 1.39. The summed E-state index contributed by atoms with van der Waals surface area (Å²) >= 11 is 0. The number of nitrogens with zero attached hydrogens (tertiary/aromatic N) is 1. The van der Waals surface area contributed by atoms with Gasteiger partial charge < -0.3 is 10.6 Å². The Morgan fingerprint density at radius 2 is 2.06 bits per heavy atom. The Hall–Kier alpha value is -2.03. The van der Waals surface area contributed by atoms with Gasteiger partial charge in [0.15, 0.2) is 5.96 Å². The topological polar surface area (TPSA) is 53.1 Å². The first-order chi connectivity index (χ1) is 8.18. The third-order valence-electron chi connectivity index (χ3n) is 3.58. The number of nitrogens with two attached hydrogens (primary N) is 1. The van der Waals surface area contributed by atoms with Gasteiger partial charge in [-0.1, -0.05) is 24.3 Å². The average molecular weight is 225 g/mol. The van der Waals surface area contributed by atoms with Gasteiger partial charge in [-0.15, -0.1) is 0 Å². The van der Waals surface area contributed by atoms with Crippen molar-refractivity contribution in [2.75, 3.05) is 11.9 Å². The molecule has 0 saturated heterocycles.